The summed E-state index contributed by atoms with van der Waals surface area (Å²) in [6.45, 7) is 1.70. The summed E-state index contributed by atoms with van der Waals surface area (Å²) in [5.41, 5.74) is 5.93. The number of primary amides is 1. The molecule has 0 spiro atoms. The van der Waals surface area contributed by atoms with E-state index in [2.05, 4.69) is 5.32 Å². The van der Waals surface area contributed by atoms with Gasteiger partial charge in [0.1, 0.15) is 0 Å². The molecule has 21 heavy (non-hydrogen) atoms. The molecule has 1 aliphatic rings. The van der Waals surface area contributed by atoms with Crippen LogP contribution < -0.4 is 11.1 Å². The molecule has 4 N–H and O–H groups in total. The summed E-state index contributed by atoms with van der Waals surface area (Å²) in [6.07, 6.45) is 0.980. The molecule has 1 saturated heterocycles. The van der Waals surface area contributed by atoms with Crippen LogP contribution >= 0.6 is 23.2 Å². The van der Waals surface area contributed by atoms with Crippen LogP contribution in [0, 0.1) is 0 Å². The minimum absolute atomic E-state index is 0.268. The van der Waals surface area contributed by atoms with Crippen LogP contribution in [0.4, 0.5) is 4.79 Å². The number of piperidine rings is 1. The lowest BCUT2D eigenvalue weighted by molar-refractivity contribution is 0.154. The number of carbonyl (C=O) groups excluding carboxylic acids is 1. The number of carbonyl (C=O) groups is 1. The summed E-state index contributed by atoms with van der Waals surface area (Å²) in [5.74, 6) is 0. The normalized spacial score (nSPS) is 17.8. The van der Waals surface area contributed by atoms with Crippen LogP contribution in [0.3, 0.4) is 0 Å². The van der Waals surface area contributed by atoms with Crippen molar-refractivity contribution in [2.75, 3.05) is 19.6 Å². The van der Waals surface area contributed by atoms with E-state index in [9.17, 15) is 9.90 Å². The average molecular weight is 332 g/mol. The van der Waals surface area contributed by atoms with Crippen molar-refractivity contribution in [3.63, 3.8) is 0 Å². The predicted octanol–water partition coefficient (Wildman–Crippen LogP) is 2.16. The molecule has 1 aliphatic heterocycles. The van der Waals surface area contributed by atoms with Crippen LogP contribution in [0.2, 0.25) is 10.0 Å². The number of nitrogens with one attached hydrogen (secondary N) is 1. The molecule has 1 atom stereocenters. The van der Waals surface area contributed by atoms with E-state index in [1.165, 1.54) is 0 Å². The Morgan fingerprint density at radius 2 is 1.90 bits per heavy atom. The first-order chi connectivity index (χ1) is 9.95. The fourth-order valence-electron chi connectivity index (χ4n) is 2.47. The minimum atomic E-state index is -0.671. The number of amides is 2. The van der Waals surface area contributed by atoms with E-state index in [0.29, 0.717) is 35.2 Å². The zero-order valence-corrected chi connectivity index (χ0v) is 13.1. The topological polar surface area (TPSA) is 78.6 Å². The number of urea groups is 1. The monoisotopic (exact) mass is 331 g/mol. The number of aliphatic hydroxyl groups excluding tert-OH is 1. The first-order valence-corrected chi connectivity index (χ1v) is 7.63. The molecule has 1 aromatic carbocycles. The van der Waals surface area contributed by atoms with Gasteiger partial charge in [-0.3, -0.25) is 0 Å². The maximum Gasteiger partial charge on any atom is 0.314 e. The highest BCUT2D eigenvalue weighted by Crippen LogP contribution is 2.23. The average Bonchev–Trinajstić information content (AvgIpc) is 2.44. The standard InChI is InChI=1S/C14H19Cl2N3O2/c15-10-5-9(6-11(16)7-10)13(20)8-18-12-1-3-19(4-2-12)14(17)21/h5-7,12-13,18,20H,1-4,8H2,(H2,17,21). The highest BCUT2D eigenvalue weighted by Gasteiger charge is 2.21. The molecule has 5 nitrogen and oxygen atoms in total. The molecular weight excluding hydrogens is 313 g/mol. The van der Waals surface area contributed by atoms with Gasteiger partial charge in [-0.15, -0.1) is 0 Å². The summed E-state index contributed by atoms with van der Waals surface area (Å²) in [7, 11) is 0. The first-order valence-electron chi connectivity index (χ1n) is 6.87. The Bertz CT molecular complexity index is 485. The van der Waals surface area contributed by atoms with Gasteiger partial charge in [-0.05, 0) is 36.6 Å². The second kappa shape index (κ2) is 7.31. The molecule has 2 rings (SSSR count). The number of benzene rings is 1. The Morgan fingerprint density at radius 3 is 2.43 bits per heavy atom. The van der Waals surface area contributed by atoms with Crippen molar-refractivity contribution < 1.29 is 9.90 Å². The molecule has 0 radical (unpaired) electrons. The van der Waals surface area contributed by atoms with Crippen molar-refractivity contribution >= 4 is 29.2 Å². The number of aliphatic hydroxyl groups is 1. The largest absolute Gasteiger partial charge is 0.387 e. The Hall–Kier alpha value is -1.01. The number of likely N-dealkylation sites (tertiary alicyclic amines) is 1. The van der Waals surface area contributed by atoms with E-state index in [1.54, 1.807) is 23.1 Å². The minimum Gasteiger partial charge on any atom is -0.387 e. The van der Waals surface area contributed by atoms with Gasteiger partial charge in [0.2, 0.25) is 0 Å². The number of nitrogens with two attached hydrogens (primary N) is 1. The zero-order valence-electron chi connectivity index (χ0n) is 11.6. The van der Waals surface area contributed by atoms with E-state index in [-0.39, 0.29) is 12.1 Å². The van der Waals surface area contributed by atoms with Gasteiger partial charge in [0, 0.05) is 35.7 Å². The van der Waals surface area contributed by atoms with E-state index in [4.69, 9.17) is 28.9 Å². The van der Waals surface area contributed by atoms with Crippen LogP contribution in [-0.2, 0) is 0 Å². The van der Waals surface area contributed by atoms with Crippen molar-refractivity contribution in [3.05, 3.63) is 33.8 Å². The van der Waals surface area contributed by atoms with Crippen molar-refractivity contribution in [1.29, 1.82) is 0 Å². The molecule has 1 aromatic rings. The molecule has 0 aliphatic carbocycles. The Balaban J connectivity index is 1.82. The summed E-state index contributed by atoms with van der Waals surface area (Å²) in [6, 6.07) is 4.93. The third kappa shape index (κ3) is 4.74. The van der Waals surface area contributed by atoms with Crippen LogP contribution in [0.25, 0.3) is 0 Å². The molecule has 1 unspecified atom stereocenters. The van der Waals surface area contributed by atoms with E-state index < -0.39 is 6.10 Å². The SMILES string of the molecule is NC(=O)N1CCC(NCC(O)c2cc(Cl)cc(Cl)c2)CC1. The maximum absolute atomic E-state index is 11.0. The van der Waals surface area contributed by atoms with E-state index in [0.717, 1.165) is 12.8 Å². The lowest BCUT2D eigenvalue weighted by atomic mass is 10.0. The number of rotatable bonds is 4. The molecule has 1 heterocycles. The smallest absolute Gasteiger partial charge is 0.314 e. The Labute approximate surface area is 134 Å². The van der Waals surface area contributed by atoms with Crippen molar-refractivity contribution in [2.24, 2.45) is 5.73 Å². The highest BCUT2D eigenvalue weighted by atomic mass is 35.5. The summed E-state index contributed by atoms with van der Waals surface area (Å²) < 4.78 is 0. The molecule has 7 heteroatoms. The summed E-state index contributed by atoms with van der Waals surface area (Å²) in [4.78, 5) is 12.7. The van der Waals surface area contributed by atoms with Crippen LogP contribution in [0.5, 0.6) is 0 Å². The first kappa shape index (κ1) is 16.4. The molecule has 0 saturated carbocycles. The van der Waals surface area contributed by atoms with Gasteiger partial charge in [-0.25, -0.2) is 4.79 Å². The van der Waals surface area contributed by atoms with Gasteiger partial charge >= 0.3 is 6.03 Å². The molecule has 0 aromatic heterocycles. The van der Waals surface area contributed by atoms with Gasteiger partial charge in [0.25, 0.3) is 0 Å². The molecule has 0 bridgehead atoms. The zero-order chi connectivity index (χ0) is 15.4. The van der Waals surface area contributed by atoms with Crippen LogP contribution in [-0.4, -0.2) is 41.7 Å². The maximum atomic E-state index is 11.0. The van der Waals surface area contributed by atoms with E-state index in [1.807, 2.05) is 0 Å². The third-order valence-corrected chi connectivity index (χ3v) is 4.11. The second-order valence-electron chi connectivity index (χ2n) is 5.23. The van der Waals surface area contributed by atoms with Crippen molar-refractivity contribution in [3.8, 4) is 0 Å². The fourth-order valence-corrected chi connectivity index (χ4v) is 3.01. The van der Waals surface area contributed by atoms with Gasteiger partial charge < -0.3 is 21.1 Å². The van der Waals surface area contributed by atoms with Crippen LogP contribution in [0.1, 0.15) is 24.5 Å². The third-order valence-electron chi connectivity index (χ3n) is 3.68. The van der Waals surface area contributed by atoms with Crippen LogP contribution in [0.15, 0.2) is 18.2 Å². The predicted molar refractivity (Wildman–Crippen MR) is 83.6 cm³/mol. The summed E-state index contributed by atoms with van der Waals surface area (Å²) in [5, 5.41) is 14.5. The van der Waals surface area contributed by atoms with Crippen molar-refractivity contribution in [2.45, 2.75) is 25.0 Å². The van der Waals surface area contributed by atoms with Gasteiger partial charge in [0.05, 0.1) is 6.10 Å². The van der Waals surface area contributed by atoms with Gasteiger partial charge in [-0.1, -0.05) is 23.2 Å². The second-order valence-corrected chi connectivity index (χ2v) is 6.10. The molecule has 116 valence electrons. The fraction of sp³-hybridized carbons (Fsp3) is 0.500. The lowest BCUT2D eigenvalue weighted by Crippen LogP contribution is -2.47. The summed E-state index contributed by atoms with van der Waals surface area (Å²) >= 11 is 11.8. The number of nitrogens with zero attached hydrogens (tertiary/aromatic N) is 1. The number of hydrogen-bond acceptors (Lipinski definition) is 3. The van der Waals surface area contributed by atoms with E-state index >= 15 is 0 Å². The Kier molecular flexibility index (Phi) is 5.70. The molecule has 2 amide bonds. The van der Waals surface area contributed by atoms with Gasteiger partial charge in [0.15, 0.2) is 0 Å². The van der Waals surface area contributed by atoms with Crippen molar-refractivity contribution in [1.82, 2.24) is 10.2 Å². The highest BCUT2D eigenvalue weighted by molar-refractivity contribution is 6.34. The molecular formula is C14H19Cl2N3O2. The van der Waals surface area contributed by atoms with Gasteiger partial charge in [-0.2, -0.15) is 0 Å². The number of halogens is 2. The number of hydrogen-bond donors (Lipinski definition) is 3. The Morgan fingerprint density at radius 1 is 1.33 bits per heavy atom. The lowest BCUT2D eigenvalue weighted by Gasteiger charge is -2.31. The molecule has 1 fully saturated rings. The quantitative estimate of drug-likeness (QED) is 0.791.